The number of hydrogen-bond donors (Lipinski definition) is 1. The van der Waals surface area contributed by atoms with E-state index >= 15 is 0 Å². The minimum Gasteiger partial charge on any atom is -0.370 e. The topological polar surface area (TPSA) is 50.7 Å². The minimum atomic E-state index is 0.776. The van der Waals surface area contributed by atoms with Crippen molar-refractivity contribution in [3.8, 4) is 11.4 Å². The third kappa shape index (κ3) is 2.72. The zero-order chi connectivity index (χ0) is 13.8. The van der Waals surface area contributed by atoms with Gasteiger partial charge in [0.05, 0.1) is 0 Å². The van der Waals surface area contributed by atoms with Crippen LogP contribution in [0.25, 0.3) is 11.4 Å². The highest BCUT2D eigenvalue weighted by atomic mass is 15.0. The molecule has 0 saturated carbocycles. The summed E-state index contributed by atoms with van der Waals surface area (Å²) in [5, 5.41) is 3.31. The van der Waals surface area contributed by atoms with Crippen LogP contribution in [0, 0.1) is 13.8 Å². The van der Waals surface area contributed by atoms with Crippen molar-refractivity contribution in [1.82, 2.24) is 15.0 Å². The summed E-state index contributed by atoms with van der Waals surface area (Å²) < 4.78 is 0. The number of pyridine rings is 1. The van der Waals surface area contributed by atoms with Crippen molar-refractivity contribution in [1.29, 1.82) is 0 Å². The van der Waals surface area contributed by atoms with Crippen LogP contribution >= 0.6 is 0 Å². The van der Waals surface area contributed by atoms with Gasteiger partial charge >= 0.3 is 0 Å². The molecule has 2 rings (SSSR count). The normalized spacial score (nSPS) is 10.5. The summed E-state index contributed by atoms with van der Waals surface area (Å²) in [6, 6.07) is 1.97. The molecule has 0 fully saturated rings. The fourth-order valence-electron chi connectivity index (χ4n) is 2.09. The first kappa shape index (κ1) is 13.5. The number of rotatable bonds is 4. The van der Waals surface area contributed by atoms with Gasteiger partial charge in [0, 0.05) is 35.8 Å². The summed E-state index contributed by atoms with van der Waals surface area (Å²) >= 11 is 0. The fraction of sp³-hybridized carbons (Fsp3) is 0.400. The van der Waals surface area contributed by atoms with E-state index < -0.39 is 0 Å². The van der Waals surface area contributed by atoms with Gasteiger partial charge in [-0.2, -0.15) is 0 Å². The standard InChI is InChI=1S/C15H20N4/c1-5-13-11(4)14(17-6-2)19-15(18-13)12-7-8-16-9-10(12)3/h7-9H,5-6H2,1-4H3,(H,17,18,19). The molecule has 4 nitrogen and oxygen atoms in total. The molecule has 19 heavy (non-hydrogen) atoms. The van der Waals surface area contributed by atoms with E-state index in [1.807, 2.05) is 19.2 Å². The third-order valence-corrected chi connectivity index (χ3v) is 3.19. The van der Waals surface area contributed by atoms with Crippen molar-refractivity contribution in [3.63, 3.8) is 0 Å². The molecule has 0 bridgehead atoms. The molecule has 0 aliphatic heterocycles. The highest BCUT2D eigenvalue weighted by Crippen LogP contribution is 2.24. The van der Waals surface area contributed by atoms with Crippen LogP contribution in [-0.2, 0) is 6.42 Å². The monoisotopic (exact) mass is 256 g/mol. The number of anilines is 1. The van der Waals surface area contributed by atoms with Crippen molar-refractivity contribution >= 4 is 5.82 Å². The molecule has 100 valence electrons. The quantitative estimate of drug-likeness (QED) is 0.913. The Hall–Kier alpha value is -1.97. The Morgan fingerprint density at radius 3 is 2.58 bits per heavy atom. The molecule has 0 spiro atoms. The van der Waals surface area contributed by atoms with Crippen molar-refractivity contribution in [2.75, 3.05) is 11.9 Å². The van der Waals surface area contributed by atoms with E-state index in [1.165, 1.54) is 0 Å². The maximum Gasteiger partial charge on any atom is 0.162 e. The summed E-state index contributed by atoms with van der Waals surface area (Å²) in [7, 11) is 0. The lowest BCUT2D eigenvalue weighted by Gasteiger charge is -2.13. The third-order valence-electron chi connectivity index (χ3n) is 3.19. The summed E-state index contributed by atoms with van der Waals surface area (Å²) in [5.41, 5.74) is 4.37. The molecule has 2 aromatic heterocycles. The van der Waals surface area contributed by atoms with Crippen LogP contribution in [0.4, 0.5) is 5.82 Å². The molecule has 0 saturated heterocycles. The molecular weight excluding hydrogens is 236 g/mol. The predicted molar refractivity (Wildman–Crippen MR) is 78.3 cm³/mol. The molecule has 1 N–H and O–H groups in total. The van der Waals surface area contributed by atoms with Crippen molar-refractivity contribution in [2.24, 2.45) is 0 Å². The highest BCUT2D eigenvalue weighted by Gasteiger charge is 2.12. The van der Waals surface area contributed by atoms with E-state index in [1.54, 1.807) is 6.20 Å². The second-order valence-corrected chi connectivity index (χ2v) is 4.54. The van der Waals surface area contributed by atoms with Gasteiger partial charge in [-0.25, -0.2) is 9.97 Å². The molecule has 0 aromatic carbocycles. The van der Waals surface area contributed by atoms with Gasteiger partial charge in [-0.05, 0) is 38.8 Å². The Balaban J connectivity index is 2.58. The maximum atomic E-state index is 4.69. The number of hydrogen-bond acceptors (Lipinski definition) is 4. The fourth-order valence-corrected chi connectivity index (χ4v) is 2.09. The molecule has 2 heterocycles. The summed E-state index contributed by atoms with van der Waals surface area (Å²) in [4.78, 5) is 13.5. The molecule has 0 aliphatic rings. The molecule has 0 radical (unpaired) electrons. The van der Waals surface area contributed by atoms with Crippen LogP contribution < -0.4 is 5.32 Å². The molecule has 0 aliphatic carbocycles. The van der Waals surface area contributed by atoms with Crippen molar-refractivity contribution < 1.29 is 0 Å². The first-order valence-corrected chi connectivity index (χ1v) is 6.69. The average Bonchev–Trinajstić information content (AvgIpc) is 2.42. The van der Waals surface area contributed by atoms with E-state index in [-0.39, 0.29) is 0 Å². The van der Waals surface area contributed by atoms with Crippen molar-refractivity contribution in [3.05, 3.63) is 35.3 Å². The first-order valence-electron chi connectivity index (χ1n) is 6.69. The highest BCUT2D eigenvalue weighted by molar-refractivity contribution is 5.62. The largest absolute Gasteiger partial charge is 0.370 e. The summed E-state index contributed by atoms with van der Waals surface area (Å²) in [5.74, 6) is 1.71. The predicted octanol–water partition coefficient (Wildman–Crippen LogP) is 3.15. The van der Waals surface area contributed by atoms with Gasteiger partial charge < -0.3 is 5.32 Å². The molecular formula is C15H20N4. The van der Waals surface area contributed by atoms with Crippen LogP contribution in [0.2, 0.25) is 0 Å². The number of nitrogens with zero attached hydrogens (tertiary/aromatic N) is 3. The van der Waals surface area contributed by atoms with Crippen LogP contribution in [0.5, 0.6) is 0 Å². The Morgan fingerprint density at radius 2 is 1.95 bits per heavy atom. The molecule has 0 amide bonds. The number of nitrogens with one attached hydrogen (secondary N) is 1. The lowest BCUT2D eigenvalue weighted by molar-refractivity contribution is 0.968. The lowest BCUT2D eigenvalue weighted by Crippen LogP contribution is -2.08. The Kier molecular flexibility index (Phi) is 4.10. The number of aromatic nitrogens is 3. The second-order valence-electron chi connectivity index (χ2n) is 4.54. The Labute approximate surface area is 114 Å². The van der Waals surface area contributed by atoms with Crippen LogP contribution in [0.1, 0.15) is 30.7 Å². The SMILES string of the molecule is CCNc1nc(-c2ccncc2C)nc(CC)c1C. The zero-order valence-electron chi connectivity index (χ0n) is 12.0. The molecule has 4 heteroatoms. The van der Waals surface area contributed by atoms with Gasteiger partial charge in [0.2, 0.25) is 0 Å². The average molecular weight is 256 g/mol. The smallest absolute Gasteiger partial charge is 0.162 e. The first-order chi connectivity index (χ1) is 9.17. The minimum absolute atomic E-state index is 0.776. The van der Waals surface area contributed by atoms with Gasteiger partial charge in [0.15, 0.2) is 5.82 Å². The van der Waals surface area contributed by atoms with Crippen LogP contribution in [0.3, 0.4) is 0 Å². The molecule has 0 atom stereocenters. The van der Waals surface area contributed by atoms with Gasteiger partial charge in [-0.15, -0.1) is 0 Å². The van der Waals surface area contributed by atoms with Gasteiger partial charge in [0.25, 0.3) is 0 Å². The van der Waals surface area contributed by atoms with Gasteiger partial charge in [0.1, 0.15) is 5.82 Å². The van der Waals surface area contributed by atoms with E-state index in [9.17, 15) is 0 Å². The summed E-state index contributed by atoms with van der Waals surface area (Å²) in [6.07, 6.45) is 4.53. The molecule has 0 unspecified atom stereocenters. The van der Waals surface area contributed by atoms with E-state index in [2.05, 4.69) is 41.0 Å². The molecule has 2 aromatic rings. The van der Waals surface area contributed by atoms with E-state index in [0.717, 1.165) is 47.0 Å². The lowest BCUT2D eigenvalue weighted by atomic mass is 10.1. The zero-order valence-corrected chi connectivity index (χ0v) is 12.0. The van der Waals surface area contributed by atoms with Gasteiger partial charge in [-0.3, -0.25) is 4.98 Å². The number of aryl methyl sites for hydroxylation is 2. The second kappa shape index (κ2) is 5.78. The summed E-state index contributed by atoms with van der Waals surface area (Å²) in [6.45, 7) is 9.15. The Bertz CT molecular complexity index is 578. The van der Waals surface area contributed by atoms with Crippen LogP contribution in [-0.4, -0.2) is 21.5 Å². The van der Waals surface area contributed by atoms with E-state index in [0.29, 0.717) is 0 Å². The maximum absolute atomic E-state index is 4.69. The Morgan fingerprint density at radius 1 is 1.16 bits per heavy atom. The van der Waals surface area contributed by atoms with Gasteiger partial charge in [-0.1, -0.05) is 6.92 Å². The van der Waals surface area contributed by atoms with Crippen molar-refractivity contribution in [2.45, 2.75) is 34.1 Å². The van der Waals surface area contributed by atoms with E-state index in [4.69, 9.17) is 0 Å². The van der Waals surface area contributed by atoms with Crippen LogP contribution in [0.15, 0.2) is 18.5 Å².